The van der Waals surface area contributed by atoms with Crippen molar-refractivity contribution in [3.05, 3.63) is 70.8 Å². The van der Waals surface area contributed by atoms with Crippen LogP contribution in [0.15, 0.2) is 48.5 Å². The summed E-state index contributed by atoms with van der Waals surface area (Å²) >= 11 is 0. The van der Waals surface area contributed by atoms with E-state index in [4.69, 9.17) is 0 Å². The van der Waals surface area contributed by atoms with Gasteiger partial charge in [-0.3, -0.25) is 9.59 Å². The topological polar surface area (TPSA) is 49.4 Å². The summed E-state index contributed by atoms with van der Waals surface area (Å²) < 4.78 is 0. The van der Waals surface area contributed by atoms with Gasteiger partial charge in [-0.1, -0.05) is 90.1 Å². The van der Waals surface area contributed by atoms with Crippen molar-refractivity contribution < 1.29 is 9.59 Å². The van der Waals surface area contributed by atoms with Crippen molar-refractivity contribution in [3.63, 3.8) is 0 Å². The molecule has 2 aromatic carbocycles. The average Bonchev–Trinajstić information content (AvgIpc) is 2.76. The van der Waals surface area contributed by atoms with Crippen molar-refractivity contribution in [1.82, 2.24) is 10.2 Å². The number of benzene rings is 2. The van der Waals surface area contributed by atoms with Crippen LogP contribution in [0.1, 0.15) is 76.6 Å². The van der Waals surface area contributed by atoms with Gasteiger partial charge in [0.25, 0.3) is 0 Å². The lowest BCUT2D eigenvalue weighted by molar-refractivity contribution is -0.141. The fraction of sp³-hybridized carbons (Fsp3) is 0.517. The molecule has 0 aliphatic heterocycles. The monoisotopic (exact) mass is 450 g/mol. The normalized spacial score (nSPS) is 12.5. The van der Waals surface area contributed by atoms with Crippen molar-refractivity contribution in [2.24, 2.45) is 5.92 Å². The standard InChI is InChI=1S/C29H42N2O2/c1-8-26(28(33)30-19-21(2)3)31(20-24-12-10-9-11-22(24)4)27(32)18-15-23-13-16-25(17-14-23)29(5,6)7/h9-14,16-17,21,26H,8,15,18-20H2,1-7H3,(H,30,33)/t26-/m0/s1. The number of nitrogens with zero attached hydrogens (tertiary/aromatic N) is 1. The zero-order chi connectivity index (χ0) is 24.6. The predicted molar refractivity (Wildman–Crippen MR) is 137 cm³/mol. The Bertz CT molecular complexity index is 910. The second-order valence-electron chi connectivity index (χ2n) is 10.5. The van der Waals surface area contributed by atoms with E-state index in [2.05, 4.69) is 77.2 Å². The quantitative estimate of drug-likeness (QED) is 0.497. The molecule has 0 spiro atoms. The fourth-order valence-corrected chi connectivity index (χ4v) is 3.88. The zero-order valence-electron chi connectivity index (χ0n) is 21.6. The SMILES string of the molecule is CC[C@@H](C(=O)NCC(C)C)N(Cc1ccccc1C)C(=O)CCc1ccc(C(C)(C)C)cc1. The Hall–Kier alpha value is -2.62. The van der Waals surface area contributed by atoms with Gasteiger partial charge in [0.2, 0.25) is 11.8 Å². The Morgan fingerprint density at radius 2 is 1.64 bits per heavy atom. The highest BCUT2D eigenvalue weighted by Gasteiger charge is 2.28. The lowest BCUT2D eigenvalue weighted by Gasteiger charge is -2.31. The van der Waals surface area contributed by atoms with Gasteiger partial charge in [0.05, 0.1) is 0 Å². The molecular weight excluding hydrogens is 408 g/mol. The minimum Gasteiger partial charge on any atom is -0.354 e. The van der Waals surface area contributed by atoms with E-state index in [0.29, 0.717) is 38.3 Å². The number of hydrogen-bond donors (Lipinski definition) is 1. The van der Waals surface area contributed by atoms with E-state index in [9.17, 15) is 9.59 Å². The molecule has 4 heteroatoms. The van der Waals surface area contributed by atoms with Gasteiger partial charge in [0.15, 0.2) is 0 Å². The van der Waals surface area contributed by atoms with Crippen LogP contribution in [0.5, 0.6) is 0 Å². The molecular formula is C29H42N2O2. The summed E-state index contributed by atoms with van der Waals surface area (Å²) in [6, 6.07) is 16.1. The first-order valence-electron chi connectivity index (χ1n) is 12.2. The summed E-state index contributed by atoms with van der Waals surface area (Å²) in [6.45, 7) is 15.8. The van der Waals surface area contributed by atoms with Crippen molar-refractivity contribution in [3.8, 4) is 0 Å². The second kappa shape index (κ2) is 12.0. The zero-order valence-corrected chi connectivity index (χ0v) is 21.6. The molecule has 0 unspecified atom stereocenters. The van der Waals surface area contributed by atoms with Gasteiger partial charge in [-0.2, -0.15) is 0 Å². The number of amides is 2. The highest BCUT2D eigenvalue weighted by atomic mass is 16.2. The summed E-state index contributed by atoms with van der Waals surface area (Å²) in [7, 11) is 0. The molecule has 0 aliphatic rings. The fourth-order valence-electron chi connectivity index (χ4n) is 3.88. The van der Waals surface area contributed by atoms with E-state index in [1.54, 1.807) is 4.90 Å². The van der Waals surface area contributed by atoms with Gasteiger partial charge in [0.1, 0.15) is 6.04 Å². The molecule has 0 saturated carbocycles. The lowest BCUT2D eigenvalue weighted by Crippen LogP contribution is -2.49. The number of rotatable bonds is 10. The molecule has 0 fully saturated rings. The van der Waals surface area contributed by atoms with Crippen LogP contribution in [-0.4, -0.2) is 29.3 Å². The van der Waals surface area contributed by atoms with Gasteiger partial charge >= 0.3 is 0 Å². The summed E-state index contributed by atoms with van der Waals surface area (Å²) in [5, 5.41) is 3.03. The number of nitrogens with one attached hydrogen (secondary N) is 1. The van der Waals surface area contributed by atoms with Gasteiger partial charge in [-0.15, -0.1) is 0 Å². The molecule has 0 saturated heterocycles. The van der Waals surface area contributed by atoms with Crippen molar-refractivity contribution in [2.75, 3.05) is 6.54 Å². The lowest BCUT2D eigenvalue weighted by atomic mass is 9.86. The Morgan fingerprint density at radius 3 is 2.18 bits per heavy atom. The van der Waals surface area contributed by atoms with Crippen LogP contribution in [0.25, 0.3) is 0 Å². The second-order valence-corrected chi connectivity index (χ2v) is 10.5. The maximum atomic E-state index is 13.4. The molecule has 0 bridgehead atoms. The van der Waals surface area contributed by atoms with E-state index >= 15 is 0 Å². The van der Waals surface area contributed by atoms with E-state index in [0.717, 1.165) is 16.7 Å². The largest absolute Gasteiger partial charge is 0.354 e. The van der Waals surface area contributed by atoms with E-state index in [1.165, 1.54) is 5.56 Å². The minimum atomic E-state index is -0.473. The summed E-state index contributed by atoms with van der Waals surface area (Å²) in [5.41, 5.74) is 4.74. The van der Waals surface area contributed by atoms with E-state index in [1.807, 2.05) is 25.1 Å². The molecule has 1 atom stereocenters. The predicted octanol–water partition coefficient (Wildman–Crippen LogP) is 5.80. The first-order chi connectivity index (χ1) is 15.5. The summed E-state index contributed by atoms with van der Waals surface area (Å²) in [6.07, 6.45) is 1.63. The summed E-state index contributed by atoms with van der Waals surface area (Å²) in [4.78, 5) is 28.2. The Morgan fingerprint density at radius 1 is 1.00 bits per heavy atom. The number of hydrogen-bond acceptors (Lipinski definition) is 2. The minimum absolute atomic E-state index is 0.0182. The number of carbonyl (C=O) groups excluding carboxylic acids is 2. The Kier molecular flexibility index (Phi) is 9.70. The molecule has 4 nitrogen and oxygen atoms in total. The molecule has 0 aromatic heterocycles. The van der Waals surface area contributed by atoms with Crippen molar-refractivity contribution >= 4 is 11.8 Å². The summed E-state index contributed by atoms with van der Waals surface area (Å²) in [5.74, 6) is 0.315. The molecule has 2 aromatic rings. The number of carbonyl (C=O) groups is 2. The first kappa shape index (κ1) is 26.6. The number of aryl methyl sites for hydroxylation is 2. The Labute approximate surface area is 200 Å². The van der Waals surface area contributed by atoms with Crippen LogP contribution < -0.4 is 5.32 Å². The first-order valence-corrected chi connectivity index (χ1v) is 12.2. The van der Waals surface area contributed by atoms with Crippen LogP contribution >= 0.6 is 0 Å². The van der Waals surface area contributed by atoms with Crippen molar-refractivity contribution in [2.45, 2.75) is 85.7 Å². The van der Waals surface area contributed by atoms with Crippen LogP contribution in [0.4, 0.5) is 0 Å². The van der Waals surface area contributed by atoms with Crippen LogP contribution in [0.2, 0.25) is 0 Å². The molecule has 0 aliphatic carbocycles. The molecule has 1 N–H and O–H groups in total. The molecule has 2 rings (SSSR count). The van der Waals surface area contributed by atoms with Crippen LogP contribution in [0.3, 0.4) is 0 Å². The van der Waals surface area contributed by atoms with E-state index in [-0.39, 0.29) is 17.2 Å². The Balaban J connectivity index is 2.19. The molecule has 0 heterocycles. The third kappa shape index (κ3) is 8.03. The third-order valence-electron chi connectivity index (χ3n) is 6.12. The highest BCUT2D eigenvalue weighted by molar-refractivity contribution is 5.87. The van der Waals surface area contributed by atoms with Gasteiger partial charge in [0, 0.05) is 19.5 Å². The van der Waals surface area contributed by atoms with Crippen LogP contribution in [-0.2, 0) is 28.0 Å². The van der Waals surface area contributed by atoms with Gasteiger partial charge in [-0.05, 0) is 53.4 Å². The van der Waals surface area contributed by atoms with Gasteiger partial charge in [-0.25, -0.2) is 0 Å². The highest BCUT2D eigenvalue weighted by Crippen LogP contribution is 2.23. The van der Waals surface area contributed by atoms with Gasteiger partial charge < -0.3 is 10.2 Å². The third-order valence-corrected chi connectivity index (χ3v) is 6.12. The molecule has 0 radical (unpaired) electrons. The molecule has 2 amide bonds. The maximum Gasteiger partial charge on any atom is 0.242 e. The van der Waals surface area contributed by atoms with Crippen LogP contribution in [0, 0.1) is 12.8 Å². The smallest absolute Gasteiger partial charge is 0.242 e. The molecule has 180 valence electrons. The van der Waals surface area contributed by atoms with Crippen molar-refractivity contribution in [1.29, 1.82) is 0 Å². The van der Waals surface area contributed by atoms with E-state index < -0.39 is 6.04 Å². The average molecular weight is 451 g/mol. The maximum absolute atomic E-state index is 13.4. The molecule has 33 heavy (non-hydrogen) atoms.